The quantitative estimate of drug-likeness (QED) is 0.777. The normalized spacial score (nSPS) is 10.3. The molecule has 3 heteroatoms. The smallest absolute Gasteiger partial charge is 0.196 e. The van der Waals surface area contributed by atoms with Crippen LogP contribution in [-0.4, -0.2) is 5.78 Å². The van der Waals surface area contributed by atoms with Crippen molar-refractivity contribution in [3.63, 3.8) is 0 Å². The Hall–Kier alpha value is -1.35. The fraction of sp³-hybridized carbons (Fsp3) is 0.0833. The fourth-order valence-electron chi connectivity index (χ4n) is 1.30. The van der Waals surface area contributed by atoms with Crippen LogP contribution in [0.5, 0.6) is 0 Å². The van der Waals surface area contributed by atoms with Crippen LogP contribution in [0, 0.1) is 6.92 Å². The summed E-state index contributed by atoms with van der Waals surface area (Å²) in [6.45, 7) is 1.99. The second kappa shape index (κ2) is 4.03. The van der Waals surface area contributed by atoms with Crippen LogP contribution in [0.3, 0.4) is 0 Å². The number of halogens is 1. The fourth-order valence-corrected chi connectivity index (χ4v) is 1.64. The molecule has 2 aromatic rings. The summed E-state index contributed by atoms with van der Waals surface area (Å²) in [7, 11) is 0. The molecular formula is C12H9BrO2. The van der Waals surface area contributed by atoms with E-state index in [0.717, 1.165) is 5.56 Å². The molecule has 0 unspecified atom stereocenters. The lowest BCUT2D eigenvalue weighted by Gasteiger charge is -1.97. The molecule has 0 aliphatic carbocycles. The Kier molecular flexibility index (Phi) is 2.73. The van der Waals surface area contributed by atoms with E-state index in [1.165, 1.54) is 6.26 Å². The number of furan rings is 1. The Morgan fingerprint density at radius 1 is 1.20 bits per heavy atom. The molecule has 0 N–H and O–H groups in total. The Morgan fingerprint density at radius 2 is 1.87 bits per heavy atom. The molecule has 1 heterocycles. The number of benzene rings is 1. The van der Waals surface area contributed by atoms with Crippen molar-refractivity contribution >= 4 is 21.7 Å². The molecule has 0 bridgehead atoms. The van der Waals surface area contributed by atoms with Gasteiger partial charge < -0.3 is 4.42 Å². The molecule has 2 rings (SSSR count). The third kappa shape index (κ3) is 2.18. The molecule has 0 saturated carbocycles. The minimum atomic E-state index is -0.0237. The minimum Gasteiger partial charge on any atom is -0.457 e. The van der Waals surface area contributed by atoms with Crippen LogP contribution < -0.4 is 0 Å². The highest BCUT2D eigenvalue weighted by Gasteiger charge is 2.11. The van der Waals surface area contributed by atoms with Crippen LogP contribution in [0.4, 0.5) is 0 Å². The molecule has 76 valence electrons. The number of rotatable bonds is 2. The van der Waals surface area contributed by atoms with E-state index in [-0.39, 0.29) is 5.78 Å². The first-order valence-corrected chi connectivity index (χ1v) is 5.31. The summed E-state index contributed by atoms with van der Waals surface area (Å²) in [6.07, 6.45) is 1.45. The molecule has 0 saturated heterocycles. The molecule has 2 nitrogen and oxygen atoms in total. The number of aryl methyl sites for hydroxylation is 1. The van der Waals surface area contributed by atoms with Crippen LogP contribution in [0.1, 0.15) is 21.5 Å². The molecule has 15 heavy (non-hydrogen) atoms. The van der Waals surface area contributed by atoms with Crippen LogP contribution in [0.2, 0.25) is 0 Å². The van der Waals surface area contributed by atoms with E-state index in [0.29, 0.717) is 15.8 Å². The van der Waals surface area contributed by atoms with E-state index < -0.39 is 0 Å². The van der Waals surface area contributed by atoms with Gasteiger partial charge in [0.25, 0.3) is 0 Å². The first kappa shape index (κ1) is 10.2. The summed E-state index contributed by atoms with van der Waals surface area (Å²) in [5, 5.41) is 0. The van der Waals surface area contributed by atoms with Gasteiger partial charge in [0.15, 0.2) is 10.5 Å². The molecule has 0 atom stereocenters. The van der Waals surface area contributed by atoms with Crippen molar-refractivity contribution in [1.82, 2.24) is 0 Å². The first-order chi connectivity index (χ1) is 7.16. The Bertz CT molecular complexity index is 483. The lowest BCUT2D eigenvalue weighted by atomic mass is 10.1. The van der Waals surface area contributed by atoms with Gasteiger partial charge >= 0.3 is 0 Å². The maximum Gasteiger partial charge on any atom is 0.196 e. The van der Waals surface area contributed by atoms with Gasteiger partial charge in [-0.25, -0.2) is 0 Å². The van der Waals surface area contributed by atoms with Crippen molar-refractivity contribution in [2.45, 2.75) is 6.92 Å². The molecule has 0 aliphatic rings. The van der Waals surface area contributed by atoms with Crippen molar-refractivity contribution in [3.8, 4) is 0 Å². The van der Waals surface area contributed by atoms with Gasteiger partial charge in [-0.2, -0.15) is 0 Å². The van der Waals surface area contributed by atoms with Gasteiger partial charge in [-0.3, -0.25) is 4.79 Å². The van der Waals surface area contributed by atoms with Crippen LogP contribution in [0.25, 0.3) is 0 Å². The third-order valence-corrected chi connectivity index (χ3v) is 2.56. The molecule has 0 amide bonds. The first-order valence-electron chi connectivity index (χ1n) is 4.52. The van der Waals surface area contributed by atoms with Gasteiger partial charge in [0.1, 0.15) is 6.26 Å². The van der Waals surface area contributed by atoms with Crippen molar-refractivity contribution in [2.24, 2.45) is 0 Å². The second-order valence-corrected chi connectivity index (χ2v) is 4.12. The van der Waals surface area contributed by atoms with E-state index in [9.17, 15) is 4.79 Å². The van der Waals surface area contributed by atoms with E-state index in [1.807, 2.05) is 31.2 Å². The zero-order chi connectivity index (χ0) is 10.8. The number of carbonyl (C=O) groups excluding carboxylic acids is 1. The van der Waals surface area contributed by atoms with Gasteiger partial charge in [-0.15, -0.1) is 0 Å². The number of hydrogen-bond donors (Lipinski definition) is 0. The second-order valence-electron chi connectivity index (χ2n) is 3.33. The van der Waals surface area contributed by atoms with Crippen LogP contribution in [0.15, 0.2) is 45.7 Å². The number of carbonyl (C=O) groups is 1. The van der Waals surface area contributed by atoms with Crippen LogP contribution in [-0.2, 0) is 0 Å². The van der Waals surface area contributed by atoms with Crippen molar-refractivity contribution in [2.75, 3.05) is 0 Å². The monoisotopic (exact) mass is 264 g/mol. The zero-order valence-electron chi connectivity index (χ0n) is 8.16. The standard InChI is InChI=1S/C12H9BrO2/c1-8-2-4-9(5-3-8)12(14)10-6-11(13)15-7-10/h2-7H,1H3. The molecular weight excluding hydrogens is 256 g/mol. The van der Waals surface area contributed by atoms with E-state index >= 15 is 0 Å². The summed E-state index contributed by atoms with van der Waals surface area (Å²) < 4.78 is 5.59. The third-order valence-electron chi connectivity index (χ3n) is 2.14. The molecule has 1 aromatic carbocycles. The maximum atomic E-state index is 11.9. The van der Waals surface area contributed by atoms with Gasteiger partial charge in [0.2, 0.25) is 0 Å². The van der Waals surface area contributed by atoms with Crippen LogP contribution >= 0.6 is 15.9 Å². The molecule has 0 radical (unpaired) electrons. The highest BCUT2D eigenvalue weighted by molar-refractivity contribution is 9.10. The van der Waals surface area contributed by atoms with Gasteiger partial charge in [-0.05, 0) is 22.9 Å². The lowest BCUT2D eigenvalue weighted by Crippen LogP contribution is -1.98. The highest BCUT2D eigenvalue weighted by atomic mass is 79.9. The Labute approximate surface area is 96.0 Å². The maximum absolute atomic E-state index is 11.9. The van der Waals surface area contributed by atoms with E-state index in [1.54, 1.807) is 6.07 Å². The SMILES string of the molecule is Cc1ccc(C(=O)c2coc(Br)c2)cc1. The zero-order valence-corrected chi connectivity index (χ0v) is 9.74. The average Bonchev–Trinajstić information content (AvgIpc) is 2.65. The molecule has 1 aromatic heterocycles. The minimum absolute atomic E-state index is 0.0237. The van der Waals surface area contributed by atoms with Crippen molar-refractivity contribution < 1.29 is 9.21 Å². The summed E-state index contributed by atoms with van der Waals surface area (Å²) in [4.78, 5) is 11.9. The topological polar surface area (TPSA) is 30.2 Å². The summed E-state index contributed by atoms with van der Waals surface area (Å²) in [6, 6.07) is 9.14. The Morgan fingerprint density at radius 3 is 2.40 bits per heavy atom. The predicted molar refractivity (Wildman–Crippen MR) is 61.0 cm³/mol. The summed E-state index contributed by atoms with van der Waals surface area (Å²) in [5.74, 6) is -0.0237. The van der Waals surface area contributed by atoms with Crippen molar-refractivity contribution in [3.05, 3.63) is 58.0 Å². The van der Waals surface area contributed by atoms with E-state index in [4.69, 9.17) is 4.42 Å². The average molecular weight is 265 g/mol. The molecule has 0 fully saturated rings. The van der Waals surface area contributed by atoms with Gasteiger partial charge in [0, 0.05) is 11.6 Å². The Balaban J connectivity index is 2.32. The van der Waals surface area contributed by atoms with Gasteiger partial charge in [-0.1, -0.05) is 29.8 Å². The largest absolute Gasteiger partial charge is 0.457 e. The molecule has 0 aliphatic heterocycles. The summed E-state index contributed by atoms with van der Waals surface area (Å²) in [5.41, 5.74) is 2.37. The number of ketones is 1. The lowest BCUT2D eigenvalue weighted by molar-refractivity contribution is 0.103. The summed E-state index contributed by atoms with van der Waals surface area (Å²) >= 11 is 3.17. The van der Waals surface area contributed by atoms with Gasteiger partial charge in [0.05, 0.1) is 5.56 Å². The predicted octanol–water partition coefficient (Wildman–Crippen LogP) is 3.58. The molecule has 0 spiro atoms. The van der Waals surface area contributed by atoms with Crippen molar-refractivity contribution in [1.29, 1.82) is 0 Å². The highest BCUT2D eigenvalue weighted by Crippen LogP contribution is 2.17. The van der Waals surface area contributed by atoms with E-state index in [2.05, 4.69) is 15.9 Å². The number of hydrogen-bond acceptors (Lipinski definition) is 2.